The van der Waals surface area contributed by atoms with E-state index in [0.717, 1.165) is 0 Å². The number of esters is 1. The van der Waals surface area contributed by atoms with E-state index >= 15 is 0 Å². The van der Waals surface area contributed by atoms with Gasteiger partial charge in [0.05, 0.1) is 23.9 Å². The first-order valence-electron chi connectivity index (χ1n) is 9.32. The Morgan fingerprint density at radius 2 is 1.94 bits per heavy atom. The average Bonchev–Trinajstić information content (AvgIpc) is 2.73. The fraction of sp³-hybridized carbons (Fsp3) is 0.227. The number of nitrogens with zero attached hydrogens (tertiary/aromatic N) is 1. The molecule has 0 radical (unpaired) electrons. The van der Waals surface area contributed by atoms with Gasteiger partial charge in [-0.3, -0.25) is 4.79 Å². The second-order valence-corrected chi connectivity index (χ2v) is 6.37. The van der Waals surface area contributed by atoms with Crippen molar-refractivity contribution in [3.63, 3.8) is 0 Å². The zero-order valence-corrected chi connectivity index (χ0v) is 17.7. The molecule has 2 aromatic rings. The molecule has 7 nitrogen and oxygen atoms in total. The van der Waals surface area contributed by atoms with Gasteiger partial charge >= 0.3 is 5.97 Å². The van der Waals surface area contributed by atoms with Gasteiger partial charge in [-0.2, -0.15) is 5.26 Å². The number of carbonyl (C=O) groups is 2. The molecule has 0 bridgehead atoms. The SMILES string of the molecule is CCOC(=O)COc1c(Cl)cc(/C=C(/C#N)C(=O)Nc2ccccc2F)cc1OCC. The molecule has 0 spiro atoms. The lowest BCUT2D eigenvalue weighted by molar-refractivity contribution is -0.145. The van der Waals surface area contributed by atoms with Gasteiger partial charge in [0, 0.05) is 0 Å². The highest BCUT2D eigenvalue weighted by molar-refractivity contribution is 6.32. The van der Waals surface area contributed by atoms with Gasteiger partial charge in [0.15, 0.2) is 18.1 Å². The molecular formula is C22H20ClFN2O5. The summed E-state index contributed by atoms with van der Waals surface area (Å²) in [5.74, 6) is -1.64. The molecule has 0 fully saturated rings. The Labute approximate surface area is 184 Å². The molecule has 162 valence electrons. The zero-order valence-electron chi connectivity index (χ0n) is 16.9. The average molecular weight is 447 g/mol. The van der Waals surface area contributed by atoms with Crippen LogP contribution < -0.4 is 14.8 Å². The zero-order chi connectivity index (χ0) is 22.8. The summed E-state index contributed by atoms with van der Waals surface area (Å²) in [5, 5.41) is 11.8. The minimum absolute atomic E-state index is 0.0515. The highest BCUT2D eigenvalue weighted by atomic mass is 35.5. The molecule has 2 aromatic carbocycles. The van der Waals surface area contributed by atoms with Crippen LogP contribution in [0.3, 0.4) is 0 Å². The summed E-state index contributed by atoms with van der Waals surface area (Å²) in [6.07, 6.45) is 1.28. The van der Waals surface area contributed by atoms with Crippen molar-refractivity contribution in [2.75, 3.05) is 25.1 Å². The number of hydrogen-bond acceptors (Lipinski definition) is 6. The maximum absolute atomic E-state index is 13.8. The lowest BCUT2D eigenvalue weighted by atomic mass is 10.1. The quantitative estimate of drug-likeness (QED) is 0.349. The Balaban J connectivity index is 2.30. The number of ether oxygens (including phenoxy) is 3. The number of benzene rings is 2. The summed E-state index contributed by atoms with van der Waals surface area (Å²) < 4.78 is 29.5. The standard InChI is InChI=1S/C22H20ClFN2O5/c1-3-29-19-11-14(10-16(23)21(19)31-13-20(27)30-4-2)9-15(12-25)22(28)26-18-8-6-5-7-17(18)24/h5-11H,3-4,13H2,1-2H3,(H,26,28)/b15-9-. The predicted molar refractivity (Wildman–Crippen MR) is 113 cm³/mol. The fourth-order valence-electron chi connectivity index (χ4n) is 2.48. The van der Waals surface area contributed by atoms with Gasteiger partial charge in [-0.05, 0) is 49.8 Å². The summed E-state index contributed by atoms with van der Waals surface area (Å²) in [6.45, 7) is 3.54. The van der Waals surface area contributed by atoms with Crippen molar-refractivity contribution >= 4 is 35.2 Å². The van der Waals surface area contributed by atoms with E-state index in [1.807, 2.05) is 0 Å². The highest BCUT2D eigenvalue weighted by Crippen LogP contribution is 2.37. The summed E-state index contributed by atoms with van der Waals surface area (Å²) in [7, 11) is 0. The van der Waals surface area contributed by atoms with Gasteiger partial charge in [0.25, 0.3) is 5.91 Å². The van der Waals surface area contributed by atoms with E-state index in [1.165, 1.54) is 36.4 Å². The molecule has 0 aliphatic heterocycles. The number of hydrogen-bond donors (Lipinski definition) is 1. The summed E-state index contributed by atoms with van der Waals surface area (Å²) >= 11 is 6.27. The molecule has 0 atom stereocenters. The maximum atomic E-state index is 13.8. The van der Waals surface area contributed by atoms with Crippen molar-refractivity contribution < 1.29 is 28.2 Å². The van der Waals surface area contributed by atoms with Crippen molar-refractivity contribution in [3.8, 4) is 17.6 Å². The molecule has 0 heterocycles. The minimum Gasteiger partial charge on any atom is -0.490 e. The number of nitriles is 1. The molecular weight excluding hydrogens is 427 g/mol. The van der Waals surface area contributed by atoms with Crippen molar-refractivity contribution in [2.24, 2.45) is 0 Å². The minimum atomic E-state index is -0.788. The number of anilines is 1. The van der Waals surface area contributed by atoms with E-state index in [9.17, 15) is 19.2 Å². The van der Waals surface area contributed by atoms with Gasteiger partial charge in [-0.15, -0.1) is 0 Å². The summed E-state index contributed by atoms with van der Waals surface area (Å²) in [4.78, 5) is 23.9. The van der Waals surface area contributed by atoms with Crippen LogP contribution in [0.25, 0.3) is 6.08 Å². The first-order valence-corrected chi connectivity index (χ1v) is 9.69. The smallest absolute Gasteiger partial charge is 0.344 e. The second kappa shape index (κ2) is 11.6. The highest BCUT2D eigenvalue weighted by Gasteiger charge is 2.16. The van der Waals surface area contributed by atoms with E-state index in [1.54, 1.807) is 26.0 Å². The lowest BCUT2D eigenvalue weighted by Crippen LogP contribution is -2.15. The number of rotatable bonds is 9. The van der Waals surface area contributed by atoms with Crippen molar-refractivity contribution in [1.29, 1.82) is 5.26 Å². The molecule has 0 saturated carbocycles. The van der Waals surface area contributed by atoms with Crippen LogP contribution in [0.15, 0.2) is 42.0 Å². The van der Waals surface area contributed by atoms with Crippen LogP contribution in [0.1, 0.15) is 19.4 Å². The number of amides is 1. The number of carbonyl (C=O) groups excluding carboxylic acids is 2. The van der Waals surface area contributed by atoms with E-state index in [4.69, 9.17) is 25.8 Å². The van der Waals surface area contributed by atoms with Gasteiger partial charge < -0.3 is 19.5 Å². The monoisotopic (exact) mass is 446 g/mol. The van der Waals surface area contributed by atoms with Crippen LogP contribution >= 0.6 is 11.6 Å². The Morgan fingerprint density at radius 1 is 1.19 bits per heavy atom. The normalized spacial score (nSPS) is 10.7. The third-order valence-corrected chi connectivity index (χ3v) is 4.05. The van der Waals surface area contributed by atoms with Gasteiger partial charge in [0.1, 0.15) is 17.5 Å². The maximum Gasteiger partial charge on any atom is 0.344 e. The van der Waals surface area contributed by atoms with Crippen molar-refractivity contribution in [3.05, 3.63) is 58.4 Å². The van der Waals surface area contributed by atoms with Crippen molar-refractivity contribution in [1.82, 2.24) is 0 Å². The molecule has 31 heavy (non-hydrogen) atoms. The van der Waals surface area contributed by atoms with Gasteiger partial charge in [-0.1, -0.05) is 23.7 Å². The fourth-order valence-corrected chi connectivity index (χ4v) is 2.75. The third-order valence-electron chi connectivity index (χ3n) is 3.77. The first-order chi connectivity index (χ1) is 14.9. The molecule has 0 aliphatic rings. The molecule has 0 aromatic heterocycles. The molecule has 0 aliphatic carbocycles. The van der Waals surface area contributed by atoms with Crippen LogP contribution in [0, 0.1) is 17.1 Å². The largest absolute Gasteiger partial charge is 0.490 e. The Bertz CT molecular complexity index is 1030. The Kier molecular flexibility index (Phi) is 8.85. The number of nitrogens with one attached hydrogen (secondary N) is 1. The van der Waals surface area contributed by atoms with Gasteiger partial charge in [0.2, 0.25) is 0 Å². The van der Waals surface area contributed by atoms with Crippen molar-refractivity contribution in [2.45, 2.75) is 13.8 Å². The number of halogens is 2. The van der Waals surface area contributed by atoms with E-state index in [2.05, 4.69) is 5.32 Å². The summed E-state index contributed by atoms with van der Waals surface area (Å²) in [5.41, 5.74) is 0.0449. The van der Waals surface area contributed by atoms with Crippen LogP contribution in [0.5, 0.6) is 11.5 Å². The molecule has 2 rings (SSSR count). The molecule has 0 unspecified atom stereocenters. The third kappa shape index (κ3) is 6.73. The molecule has 0 saturated heterocycles. The van der Waals surface area contributed by atoms with Crippen LogP contribution in [0.4, 0.5) is 10.1 Å². The first kappa shape index (κ1) is 23.7. The summed E-state index contributed by atoms with van der Waals surface area (Å²) in [6, 6.07) is 10.3. The predicted octanol–water partition coefficient (Wildman–Crippen LogP) is 4.37. The number of para-hydroxylation sites is 1. The second-order valence-electron chi connectivity index (χ2n) is 5.96. The molecule has 1 amide bonds. The van der Waals surface area contributed by atoms with Crippen LogP contribution in [-0.4, -0.2) is 31.7 Å². The van der Waals surface area contributed by atoms with Crippen LogP contribution in [-0.2, 0) is 14.3 Å². The van der Waals surface area contributed by atoms with E-state index in [0.29, 0.717) is 5.56 Å². The van der Waals surface area contributed by atoms with E-state index in [-0.39, 0.29) is 47.6 Å². The Morgan fingerprint density at radius 3 is 2.58 bits per heavy atom. The Hall–Kier alpha value is -3.57. The lowest BCUT2D eigenvalue weighted by Gasteiger charge is -2.14. The topological polar surface area (TPSA) is 97.7 Å². The molecule has 9 heteroatoms. The van der Waals surface area contributed by atoms with Crippen LogP contribution in [0.2, 0.25) is 5.02 Å². The van der Waals surface area contributed by atoms with E-state index < -0.39 is 17.7 Å². The van der Waals surface area contributed by atoms with Gasteiger partial charge in [-0.25, -0.2) is 9.18 Å². The molecule has 1 N–H and O–H groups in total.